The minimum absolute atomic E-state index is 0.274. The van der Waals surface area contributed by atoms with Gasteiger partial charge in [0, 0.05) is 89.8 Å². The molecule has 1 aromatic carbocycles. The molecule has 3 heterocycles. The Kier molecular flexibility index (Phi) is 13.3. The van der Waals surface area contributed by atoms with Crippen LogP contribution in [-0.4, -0.2) is 114 Å². The number of piperazine rings is 2. The van der Waals surface area contributed by atoms with E-state index >= 15 is 0 Å². The Morgan fingerprint density at radius 1 is 0.725 bits per heavy atom. The first kappa shape index (κ1) is 32.0. The summed E-state index contributed by atoms with van der Waals surface area (Å²) in [5, 5.41) is 29.7. The van der Waals surface area contributed by atoms with Gasteiger partial charge in [-0.2, -0.15) is 0 Å². The molecule has 2 saturated heterocycles. The molecule has 0 atom stereocenters. The van der Waals surface area contributed by atoms with Crippen LogP contribution >= 0.6 is 32.9 Å². The van der Waals surface area contributed by atoms with Crippen molar-refractivity contribution in [1.29, 1.82) is 0 Å². The quantitative estimate of drug-likeness (QED) is 0.153. The maximum atomic E-state index is 11.6. The highest BCUT2D eigenvalue weighted by molar-refractivity contribution is 7.80. The zero-order valence-corrected chi connectivity index (χ0v) is 26.6. The number of rotatable bonds is 15. The third-order valence-corrected chi connectivity index (χ3v) is 11.4. The van der Waals surface area contributed by atoms with Crippen LogP contribution in [0.2, 0.25) is 0 Å². The molecule has 0 spiro atoms. The average molecular weight is 609 g/mol. The second-order valence-corrected chi connectivity index (χ2v) is 14.1. The molecule has 2 aliphatic heterocycles. The average Bonchev–Trinajstić information content (AvgIpc) is 3.33. The van der Waals surface area contributed by atoms with Gasteiger partial charge < -0.3 is 25.1 Å². The molecule has 0 amide bonds. The van der Waals surface area contributed by atoms with Crippen molar-refractivity contribution in [2.45, 2.75) is 58.5 Å². The van der Waals surface area contributed by atoms with E-state index in [0.29, 0.717) is 5.75 Å². The second-order valence-electron chi connectivity index (χ2n) is 11.3. The molecule has 0 unspecified atom stereocenters. The molecule has 224 valence electrons. The zero-order chi connectivity index (χ0) is 28.3. The van der Waals surface area contributed by atoms with Gasteiger partial charge in [0.15, 0.2) is 0 Å². The molecule has 4 rings (SSSR count). The van der Waals surface area contributed by atoms with Crippen molar-refractivity contribution >= 4 is 32.9 Å². The van der Waals surface area contributed by atoms with Crippen molar-refractivity contribution in [3.05, 3.63) is 32.6 Å². The van der Waals surface area contributed by atoms with E-state index in [-0.39, 0.29) is 13.2 Å². The molecule has 3 N–H and O–H groups in total. The predicted octanol–water partition coefficient (Wildman–Crippen LogP) is 4.64. The van der Waals surface area contributed by atoms with Crippen LogP contribution in [0.1, 0.15) is 55.7 Å². The second kappa shape index (κ2) is 16.6. The number of aliphatic hydroxyl groups excluding tert-OH is 2. The van der Waals surface area contributed by atoms with Crippen LogP contribution in [0.5, 0.6) is 5.75 Å². The lowest BCUT2D eigenvalue weighted by atomic mass is 9.99. The summed E-state index contributed by atoms with van der Waals surface area (Å²) < 4.78 is 1.01. The number of aromatic hydroxyl groups is 1. The highest BCUT2D eigenvalue weighted by atomic mass is 32.9. The van der Waals surface area contributed by atoms with Gasteiger partial charge in [-0.25, -0.2) is 0 Å². The fourth-order valence-corrected chi connectivity index (χ4v) is 8.80. The lowest BCUT2D eigenvalue weighted by Gasteiger charge is -2.36. The standard InChI is InChI=1S/C30H48N4O3S3/c1-2-7-27-29(39-40-30(27)38)24-20-25(22-33-14-10-31(11-15-33)8-3-5-18-35)28(37)26(21-24)23-34-16-12-32(13-17-34)9-4-6-19-36/h20-21,35-37H,2-19,22-23H2,1H3. The number of nitrogens with zero attached hydrogens (tertiary/aromatic N) is 4. The molecule has 40 heavy (non-hydrogen) atoms. The van der Waals surface area contributed by atoms with Gasteiger partial charge in [0.1, 0.15) is 9.57 Å². The lowest BCUT2D eigenvalue weighted by Crippen LogP contribution is -2.46. The van der Waals surface area contributed by atoms with E-state index in [1.807, 2.05) is 0 Å². The highest BCUT2D eigenvalue weighted by Crippen LogP contribution is 2.39. The molecular formula is C30H48N4O3S3. The molecule has 0 saturated carbocycles. The number of phenolic OH excluding ortho intramolecular Hbond substituents is 1. The van der Waals surface area contributed by atoms with E-state index in [0.717, 1.165) is 132 Å². The normalized spacial score (nSPS) is 18.1. The van der Waals surface area contributed by atoms with Crippen LogP contribution in [0.3, 0.4) is 0 Å². The monoisotopic (exact) mass is 608 g/mol. The fourth-order valence-electron chi connectivity index (χ4n) is 5.81. The predicted molar refractivity (Wildman–Crippen MR) is 170 cm³/mol. The first-order chi connectivity index (χ1) is 19.5. The van der Waals surface area contributed by atoms with E-state index < -0.39 is 0 Å². The van der Waals surface area contributed by atoms with Crippen molar-refractivity contribution in [3.63, 3.8) is 0 Å². The minimum Gasteiger partial charge on any atom is -0.507 e. The molecule has 7 nitrogen and oxygen atoms in total. The number of unbranched alkanes of at least 4 members (excludes halogenated alkanes) is 2. The summed E-state index contributed by atoms with van der Waals surface area (Å²) in [4.78, 5) is 11.2. The van der Waals surface area contributed by atoms with Crippen molar-refractivity contribution in [1.82, 2.24) is 19.6 Å². The largest absolute Gasteiger partial charge is 0.507 e. The van der Waals surface area contributed by atoms with E-state index in [9.17, 15) is 5.11 Å². The topological polar surface area (TPSA) is 73.7 Å². The first-order valence-electron chi connectivity index (χ1n) is 15.1. The van der Waals surface area contributed by atoms with Gasteiger partial charge >= 0.3 is 0 Å². The van der Waals surface area contributed by atoms with Gasteiger partial charge in [-0.05, 0) is 68.5 Å². The van der Waals surface area contributed by atoms with Crippen LogP contribution in [0.25, 0.3) is 10.4 Å². The summed E-state index contributed by atoms with van der Waals surface area (Å²) >= 11 is 5.72. The Morgan fingerprint density at radius 2 is 1.20 bits per heavy atom. The Labute approximate surface area is 253 Å². The third kappa shape index (κ3) is 9.02. The van der Waals surface area contributed by atoms with Gasteiger partial charge in [0.25, 0.3) is 0 Å². The minimum atomic E-state index is 0.274. The first-order valence-corrected chi connectivity index (χ1v) is 17.7. The summed E-state index contributed by atoms with van der Waals surface area (Å²) in [6.45, 7) is 14.5. The van der Waals surface area contributed by atoms with Crippen LogP contribution in [0.4, 0.5) is 0 Å². The van der Waals surface area contributed by atoms with E-state index in [1.165, 1.54) is 16.0 Å². The number of phenols is 1. The van der Waals surface area contributed by atoms with Gasteiger partial charge in [-0.1, -0.05) is 46.2 Å². The number of hydrogen-bond acceptors (Lipinski definition) is 10. The Hall–Kier alpha value is -0.950. The van der Waals surface area contributed by atoms with Crippen LogP contribution in [0.15, 0.2) is 12.1 Å². The highest BCUT2D eigenvalue weighted by Gasteiger charge is 2.23. The summed E-state index contributed by atoms with van der Waals surface area (Å²) in [5.74, 6) is 0.454. The SMILES string of the molecule is CCCc1c(-c2cc(CN3CCN(CCCCO)CC3)c(O)c(CN3CCN(CCCCO)CC3)c2)ssc1=S. The summed E-state index contributed by atoms with van der Waals surface area (Å²) in [6, 6.07) is 4.44. The Morgan fingerprint density at radius 3 is 1.65 bits per heavy atom. The molecule has 2 fully saturated rings. The maximum absolute atomic E-state index is 11.6. The van der Waals surface area contributed by atoms with E-state index in [1.54, 1.807) is 20.7 Å². The van der Waals surface area contributed by atoms with Gasteiger partial charge in [-0.3, -0.25) is 9.80 Å². The third-order valence-electron chi connectivity index (χ3n) is 8.23. The number of aliphatic hydroxyl groups is 2. The Bertz CT molecular complexity index is 1040. The molecule has 0 radical (unpaired) electrons. The molecule has 0 aliphatic carbocycles. The van der Waals surface area contributed by atoms with E-state index in [2.05, 4.69) is 38.7 Å². The molecular weight excluding hydrogens is 561 g/mol. The summed E-state index contributed by atoms with van der Waals surface area (Å²) in [5.41, 5.74) is 4.54. The van der Waals surface area contributed by atoms with Crippen molar-refractivity contribution in [3.8, 4) is 16.2 Å². The van der Waals surface area contributed by atoms with Crippen molar-refractivity contribution in [2.75, 3.05) is 78.7 Å². The van der Waals surface area contributed by atoms with Crippen LogP contribution < -0.4 is 0 Å². The van der Waals surface area contributed by atoms with E-state index in [4.69, 9.17) is 22.4 Å². The zero-order valence-electron chi connectivity index (χ0n) is 24.2. The van der Waals surface area contributed by atoms with Crippen LogP contribution in [0, 0.1) is 3.82 Å². The number of benzene rings is 1. The molecule has 2 aromatic rings. The molecule has 2 aliphatic rings. The van der Waals surface area contributed by atoms with Crippen molar-refractivity contribution in [2.24, 2.45) is 0 Å². The Balaban J connectivity index is 1.49. The molecule has 0 bridgehead atoms. The molecule has 1 aromatic heterocycles. The lowest BCUT2D eigenvalue weighted by molar-refractivity contribution is 0.121. The van der Waals surface area contributed by atoms with Crippen molar-refractivity contribution < 1.29 is 15.3 Å². The maximum Gasteiger partial charge on any atom is 0.124 e. The smallest absolute Gasteiger partial charge is 0.124 e. The fraction of sp³-hybridized carbons (Fsp3) is 0.700. The molecule has 10 heteroatoms. The summed E-state index contributed by atoms with van der Waals surface area (Å²) in [7, 11) is 3.48. The van der Waals surface area contributed by atoms with Gasteiger partial charge in [0.2, 0.25) is 0 Å². The number of hydrogen-bond donors (Lipinski definition) is 3. The van der Waals surface area contributed by atoms with Gasteiger partial charge in [0.05, 0.1) is 4.88 Å². The summed E-state index contributed by atoms with van der Waals surface area (Å²) in [6.07, 6.45) is 5.91. The van der Waals surface area contributed by atoms with Gasteiger partial charge in [-0.15, -0.1) is 0 Å². The van der Waals surface area contributed by atoms with Crippen LogP contribution in [-0.2, 0) is 19.5 Å².